The molecule has 0 radical (unpaired) electrons. The highest BCUT2D eigenvalue weighted by Crippen LogP contribution is 2.43. The fourth-order valence-electron chi connectivity index (χ4n) is 4.40. The summed E-state index contributed by atoms with van der Waals surface area (Å²) in [6, 6.07) is 0.319. The van der Waals surface area contributed by atoms with E-state index in [1.165, 1.54) is 0 Å². The molecule has 0 unspecified atom stereocenters. The number of ether oxygens (including phenoxy) is 1. The highest BCUT2D eigenvalue weighted by molar-refractivity contribution is 5.72. The van der Waals surface area contributed by atoms with Crippen molar-refractivity contribution >= 4 is 17.7 Å². The van der Waals surface area contributed by atoms with Crippen molar-refractivity contribution in [3.05, 3.63) is 18.0 Å². The minimum atomic E-state index is -0.568. The molecular formula is C19H25N7O2. The van der Waals surface area contributed by atoms with Crippen LogP contribution in [-0.2, 0) is 11.2 Å². The lowest BCUT2D eigenvalue weighted by molar-refractivity contribution is -0.0306. The van der Waals surface area contributed by atoms with Gasteiger partial charge in [-0.25, -0.2) is 15.0 Å². The molecule has 3 aliphatic rings. The van der Waals surface area contributed by atoms with E-state index in [2.05, 4.69) is 19.8 Å². The Hall–Kier alpha value is -2.52. The Morgan fingerprint density at radius 1 is 1.14 bits per heavy atom. The van der Waals surface area contributed by atoms with Gasteiger partial charge in [0.05, 0.1) is 24.5 Å². The fourth-order valence-corrected chi connectivity index (χ4v) is 4.40. The average molecular weight is 383 g/mol. The van der Waals surface area contributed by atoms with Gasteiger partial charge in [-0.15, -0.1) is 0 Å². The molecule has 0 spiro atoms. The molecule has 0 bridgehead atoms. The molecule has 4 heterocycles. The van der Waals surface area contributed by atoms with Gasteiger partial charge in [-0.05, 0) is 26.2 Å². The van der Waals surface area contributed by atoms with Crippen LogP contribution in [-0.4, -0.2) is 69.5 Å². The predicted molar refractivity (Wildman–Crippen MR) is 105 cm³/mol. The van der Waals surface area contributed by atoms with Crippen molar-refractivity contribution in [1.82, 2.24) is 19.9 Å². The van der Waals surface area contributed by atoms with Gasteiger partial charge in [0, 0.05) is 49.2 Å². The third-order valence-electron chi connectivity index (χ3n) is 5.88. The highest BCUT2D eigenvalue weighted by atomic mass is 16.5. The van der Waals surface area contributed by atoms with Crippen molar-refractivity contribution in [3.8, 4) is 11.3 Å². The smallest absolute Gasteiger partial charge is 0.228 e. The average Bonchev–Trinajstić information content (AvgIpc) is 3.10. The standard InChI is InChI=1S/C19H25N7O2/c1-19(27)8-13(9-19)26-3-2-14-15(12-10-21-17(20)22-11-12)23-18(24-16(14)26)25-4-6-28-7-5-25/h10-11,13,27H,2-9H2,1H3,(H2,20,21,22)/t13-,19+. The van der Waals surface area contributed by atoms with Gasteiger partial charge in [0.25, 0.3) is 0 Å². The highest BCUT2D eigenvalue weighted by Gasteiger charge is 2.44. The first-order valence-electron chi connectivity index (χ1n) is 9.81. The maximum atomic E-state index is 10.2. The molecule has 3 N–H and O–H groups in total. The van der Waals surface area contributed by atoms with Gasteiger partial charge >= 0.3 is 0 Å². The summed E-state index contributed by atoms with van der Waals surface area (Å²) in [6.45, 7) is 5.69. The quantitative estimate of drug-likeness (QED) is 0.787. The zero-order valence-corrected chi connectivity index (χ0v) is 16.0. The molecule has 1 saturated carbocycles. The number of hydrogen-bond donors (Lipinski definition) is 2. The van der Waals surface area contributed by atoms with Crippen LogP contribution >= 0.6 is 0 Å². The monoisotopic (exact) mass is 383 g/mol. The van der Waals surface area contributed by atoms with E-state index in [4.69, 9.17) is 20.4 Å². The summed E-state index contributed by atoms with van der Waals surface area (Å²) in [5.41, 5.74) is 7.95. The molecule has 2 aromatic heterocycles. The Balaban J connectivity index is 1.57. The number of nitrogens with zero attached hydrogens (tertiary/aromatic N) is 6. The summed E-state index contributed by atoms with van der Waals surface area (Å²) in [7, 11) is 0. The second kappa shape index (κ2) is 6.52. The van der Waals surface area contributed by atoms with Crippen molar-refractivity contribution in [2.24, 2.45) is 0 Å². The molecular weight excluding hydrogens is 358 g/mol. The lowest BCUT2D eigenvalue weighted by atomic mass is 9.76. The Morgan fingerprint density at radius 3 is 2.54 bits per heavy atom. The van der Waals surface area contributed by atoms with E-state index in [-0.39, 0.29) is 5.95 Å². The number of fused-ring (bicyclic) bond motifs is 1. The molecule has 148 valence electrons. The number of morpholine rings is 1. The van der Waals surface area contributed by atoms with E-state index in [0.29, 0.717) is 25.2 Å². The normalized spacial score (nSPS) is 26.9. The van der Waals surface area contributed by atoms with E-state index in [9.17, 15) is 5.11 Å². The van der Waals surface area contributed by atoms with Gasteiger partial charge in [0.1, 0.15) is 5.82 Å². The molecule has 0 amide bonds. The number of rotatable bonds is 3. The zero-order valence-electron chi connectivity index (χ0n) is 16.0. The first-order valence-corrected chi connectivity index (χ1v) is 9.81. The van der Waals surface area contributed by atoms with Crippen LogP contribution in [0.15, 0.2) is 12.4 Å². The van der Waals surface area contributed by atoms with Crippen LogP contribution in [0.1, 0.15) is 25.3 Å². The van der Waals surface area contributed by atoms with Crippen LogP contribution in [0, 0.1) is 0 Å². The van der Waals surface area contributed by atoms with Gasteiger partial charge in [-0.3, -0.25) is 0 Å². The summed E-state index contributed by atoms with van der Waals surface area (Å²) in [4.78, 5) is 22.6. The van der Waals surface area contributed by atoms with Crippen LogP contribution < -0.4 is 15.5 Å². The molecule has 9 nitrogen and oxygen atoms in total. The van der Waals surface area contributed by atoms with Gasteiger partial charge in [0.2, 0.25) is 11.9 Å². The van der Waals surface area contributed by atoms with Gasteiger partial charge < -0.3 is 25.4 Å². The van der Waals surface area contributed by atoms with Gasteiger partial charge in [-0.1, -0.05) is 0 Å². The van der Waals surface area contributed by atoms with Crippen LogP contribution in [0.5, 0.6) is 0 Å². The van der Waals surface area contributed by atoms with Crippen LogP contribution in [0.4, 0.5) is 17.7 Å². The zero-order chi connectivity index (χ0) is 19.3. The maximum Gasteiger partial charge on any atom is 0.228 e. The minimum absolute atomic E-state index is 0.251. The third-order valence-corrected chi connectivity index (χ3v) is 5.88. The number of anilines is 3. The maximum absolute atomic E-state index is 10.2. The summed E-state index contributed by atoms with van der Waals surface area (Å²) < 4.78 is 5.48. The molecule has 0 atom stereocenters. The SMILES string of the molecule is C[C@]1(O)C[C@@H](N2CCc3c(-c4cnc(N)nc4)nc(N4CCOCC4)nc32)C1. The second-order valence-electron chi connectivity index (χ2n) is 8.11. The molecule has 0 aromatic carbocycles. The molecule has 2 aromatic rings. The first-order chi connectivity index (χ1) is 13.5. The van der Waals surface area contributed by atoms with Crippen molar-refractivity contribution in [2.45, 2.75) is 37.8 Å². The first kappa shape index (κ1) is 17.6. The van der Waals surface area contributed by atoms with E-state index in [1.54, 1.807) is 12.4 Å². The number of nitrogen functional groups attached to an aromatic ring is 1. The summed E-state index contributed by atoms with van der Waals surface area (Å²) in [5, 5.41) is 10.2. The summed E-state index contributed by atoms with van der Waals surface area (Å²) in [6.07, 6.45) is 5.86. The van der Waals surface area contributed by atoms with Crippen molar-refractivity contribution in [2.75, 3.05) is 48.4 Å². The molecule has 9 heteroatoms. The predicted octanol–water partition coefficient (Wildman–Crippen LogP) is 0.628. The molecule has 2 fully saturated rings. The largest absolute Gasteiger partial charge is 0.390 e. The van der Waals surface area contributed by atoms with Gasteiger partial charge in [0.15, 0.2) is 0 Å². The van der Waals surface area contributed by atoms with E-state index in [0.717, 1.165) is 61.5 Å². The number of hydrogen-bond acceptors (Lipinski definition) is 9. The molecule has 5 rings (SSSR count). The van der Waals surface area contributed by atoms with Crippen molar-refractivity contribution < 1.29 is 9.84 Å². The summed E-state index contributed by atoms with van der Waals surface area (Å²) >= 11 is 0. The van der Waals surface area contributed by atoms with Crippen LogP contribution in [0.2, 0.25) is 0 Å². The topological polar surface area (TPSA) is 114 Å². The lowest BCUT2D eigenvalue weighted by Crippen LogP contribution is -2.53. The number of aliphatic hydroxyl groups is 1. The van der Waals surface area contributed by atoms with E-state index in [1.807, 2.05) is 6.92 Å². The van der Waals surface area contributed by atoms with Gasteiger partial charge in [-0.2, -0.15) is 4.98 Å². The lowest BCUT2D eigenvalue weighted by Gasteiger charge is -2.46. The Kier molecular flexibility index (Phi) is 4.09. The van der Waals surface area contributed by atoms with E-state index < -0.39 is 5.60 Å². The van der Waals surface area contributed by atoms with Crippen molar-refractivity contribution in [3.63, 3.8) is 0 Å². The molecule has 1 aliphatic carbocycles. The summed E-state index contributed by atoms with van der Waals surface area (Å²) in [5.74, 6) is 1.94. The van der Waals surface area contributed by atoms with E-state index >= 15 is 0 Å². The third kappa shape index (κ3) is 3.04. The molecule has 2 aliphatic heterocycles. The van der Waals surface area contributed by atoms with Crippen LogP contribution in [0.3, 0.4) is 0 Å². The van der Waals surface area contributed by atoms with Crippen LogP contribution in [0.25, 0.3) is 11.3 Å². The second-order valence-corrected chi connectivity index (χ2v) is 8.11. The Bertz CT molecular complexity index is 873. The number of nitrogens with two attached hydrogens (primary N) is 1. The number of aromatic nitrogens is 4. The minimum Gasteiger partial charge on any atom is -0.390 e. The Morgan fingerprint density at radius 2 is 1.86 bits per heavy atom. The Labute approximate surface area is 163 Å². The fraction of sp³-hybridized carbons (Fsp3) is 0.579. The van der Waals surface area contributed by atoms with Crippen molar-refractivity contribution in [1.29, 1.82) is 0 Å². The molecule has 28 heavy (non-hydrogen) atoms. The molecule has 1 saturated heterocycles.